The molecule has 0 aliphatic carbocycles. The number of esters is 2. The van der Waals surface area contributed by atoms with Gasteiger partial charge in [-0.1, -0.05) is 51.8 Å². The van der Waals surface area contributed by atoms with Crippen molar-refractivity contribution in [1.82, 2.24) is 0 Å². The van der Waals surface area contributed by atoms with E-state index in [0.29, 0.717) is 16.9 Å². The Morgan fingerprint density at radius 1 is 1.03 bits per heavy atom. The van der Waals surface area contributed by atoms with Crippen LogP contribution >= 0.6 is 15.9 Å². The van der Waals surface area contributed by atoms with Crippen LogP contribution in [0.5, 0.6) is 5.75 Å². The van der Waals surface area contributed by atoms with Gasteiger partial charge in [0, 0.05) is 10.0 Å². The monoisotopic (exact) mass is 461 g/mol. The summed E-state index contributed by atoms with van der Waals surface area (Å²) in [6, 6.07) is 21.3. The highest BCUT2D eigenvalue weighted by Crippen LogP contribution is 2.22. The highest BCUT2D eigenvalue weighted by atomic mass is 79.9. The Hall–Kier alpha value is -3.51. The Labute approximate surface area is 181 Å². The van der Waals surface area contributed by atoms with Gasteiger partial charge in [0.2, 0.25) is 5.90 Å². The van der Waals surface area contributed by atoms with Crippen molar-refractivity contribution in [3.8, 4) is 5.75 Å². The Kier molecular flexibility index (Phi) is 5.59. The molecule has 6 heteroatoms. The van der Waals surface area contributed by atoms with Gasteiger partial charge in [-0.2, -0.15) is 0 Å². The van der Waals surface area contributed by atoms with E-state index in [-0.39, 0.29) is 11.6 Å². The predicted octanol–water partition coefficient (Wildman–Crippen LogP) is 5.32. The van der Waals surface area contributed by atoms with Gasteiger partial charge in [-0.05, 0) is 61.0 Å². The number of cyclic esters (lactones) is 1. The number of rotatable bonds is 4. The molecule has 30 heavy (non-hydrogen) atoms. The molecule has 4 rings (SSSR count). The van der Waals surface area contributed by atoms with Crippen LogP contribution in [0.2, 0.25) is 0 Å². The lowest BCUT2D eigenvalue weighted by molar-refractivity contribution is -0.129. The van der Waals surface area contributed by atoms with Crippen molar-refractivity contribution in [3.63, 3.8) is 0 Å². The van der Waals surface area contributed by atoms with Crippen molar-refractivity contribution in [3.05, 3.63) is 105 Å². The lowest BCUT2D eigenvalue weighted by Gasteiger charge is -2.05. The summed E-state index contributed by atoms with van der Waals surface area (Å²) in [4.78, 5) is 28.7. The molecular formula is C24H16BrNO4. The summed E-state index contributed by atoms with van der Waals surface area (Å²) in [5, 5.41) is 0. The van der Waals surface area contributed by atoms with Gasteiger partial charge in [0.15, 0.2) is 5.70 Å². The molecule has 1 heterocycles. The molecule has 0 aromatic heterocycles. The summed E-state index contributed by atoms with van der Waals surface area (Å²) in [5.41, 5.74) is 3.19. The molecule has 0 radical (unpaired) electrons. The maximum atomic E-state index is 12.2. The number of aryl methyl sites for hydroxylation is 1. The first-order valence-electron chi connectivity index (χ1n) is 9.15. The van der Waals surface area contributed by atoms with Crippen LogP contribution in [0.3, 0.4) is 0 Å². The number of carbonyl (C=O) groups excluding carboxylic acids is 2. The summed E-state index contributed by atoms with van der Waals surface area (Å²) in [5.74, 6) is -0.269. The van der Waals surface area contributed by atoms with E-state index in [9.17, 15) is 9.59 Å². The molecule has 3 aromatic carbocycles. The average molecular weight is 462 g/mol. The first-order chi connectivity index (χ1) is 14.5. The van der Waals surface area contributed by atoms with Crippen molar-refractivity contribution in [2.24, 2.45) is 4.99 Å². The number of hydrogen-bond acceptors (Lipinski definition) is 5. The number of nitrogens with zero attached hydrogens (tertiary/aromatic N) is 1. The van der Waals surface area contributed by atoms with E-state index >= 15 is 0 Å². The van der Waals surface area contributed by atoms with Gasteiger partial charge in [-0.3, -0.25) is 0 Å². The zero-order valence-corrected chi connectivity index (χ0v) is 17.5. The minimum atomic E-state index is -0.514. The average Bonchev–Trinajstić information content (AvgIpc) is 3.10. The standard InChI is InChI=1S/C24H16BrNO4/c1-15-5-9-17(10-6-15)23(27)29-20-11-7-16(8-12-20)13-21-24(28)30-22(26-21)18-3-2-4-19(25)14-18/h2-14H,1H3/b21-13-. The first-order valence-corrected chi connectivity index (χ1v) is 9.95. The molecule has 148 valence electrons. The fourth-order valence-electron chi connectivity index (χ4n) is 2.80. The zero-order chi connectivity index (χ0) is 21.1. The summed E-state index contributed by atoms with van der Waals surface area (Å²) < 4.78 is 11.5. The Balaban J connectivity index is 1.48. The number of ether oxygens (including phenoxy) is 2. The van der Waals surface area contributed by atoms with E-state index in [1.54, 1.807) is 42.5 Å². The highest BCUT2D eigenvalue weighted by Gasteiger charge is 2.24. The van der Waals surface area contributed by atoms with Crippen LogP contribution in [-0.4, -0.2) is 17.8 Å². The minimum absolute atomic E-state index is 0.203. The number of carbonyl (C=O) groups is 2. The molecule has 0 saturated carbocycles. The second-order valence-corrected chi connectivity index (χ2v) is 7.59. The molecule has 0 unspecified atom stereocenters. The van der Waals surface area contributed by atoms with Crippen molar-refractivity contribution >= 4 is 39.8 Å². The fraction of sp³-hybridized carbons (Fsp3) is 0.0417. The normalized spacial score (nSPS) is 14.4. The number of halogens is 1. The molecule has 5 nitrogen and oxygen atoms in total. The van der Waals surface area contributed by atoms with Crippen LogP contribution in [0.1, 0.15) is 27.0 Å². The van der Waals surface area contributed by atoms with Gasteiger partial charge in [0.05, 0.1) is 5.56 Å². The maximum Gasteiger partial charge on any atom is 0.363 e. The molecule has 0 bridgehead atoms. The highest BCUT2D eigenvalue weighted by molar-refractivity contribution is 9.10. The van der Waals surface area contributed by atoms with Gasteiger partial charge >= 0.3 is 11.9 Å². The SMILES string of the molecule is Cc1ccc(C(=O)Oc2ccc(/C=C3\N=C(c4cccc(Br)c4)OC3=O)cc2)cc1. The number of benzene rings is 3. The molecule has 1 aliphatic heterocycles. The van der Waals surface area contributed by atoms with E-state index in [2.05, 4.69) is 20.9 Å². The zero-order valence-electron chi connectivity index (χ0n) is 16.0. The molecule has 0 amide bonds. The summed E-state index contributed by atoms with van der Waals surface area (Å²) in [6.45, 7) is 1.95. The van der Waals surface area contributed by atoms with Gasteiger partial charge in [-0.15, -0.1) is 0 Å². The minimum Gasteiger partial charge on any atom is -0.423 e. The van der Waals surface area contributed by atoms with E-state index in [1.165, 1.54) is 0 Å². The van der Waals surface area contributed by atoms with Crippen LogP contribution in [-0.2, 0) is 9.53 Å². The maximum absolute atomic E-state index is 12.2. The van der Waals surface area contributed by atoms with Gasteiger partial charge in [0.1, 0.15) is 5.75 Å². The topological polar surface area (TPSA) is 65.0 Å². The van der Waals surface area contributed by atoms with Crippen LogP contribution in [0.15, 0.2) is 88.0 Å². The van der Waals surface area contributed by atoms with E-state index < -0.39 is 11.9 Å². The number of hydrogen-bond donors (Lipinski definition) is 0. The van der Waals surface area contributed by atoms with Crippen LogP contribution < -0.4 is 4.74 Å². The first kappa shape index (κ1) is 19.8. The van der Waals surface area contributed by atoms with Crippen LogP contribution in [0.4, 0.5) is 0 Å². The quantitative estimate of drug-likeness (QED) is 0.299. The summed E-state index contributed by atoms with van der Waals surface area (Å²) in [6.07, 6.45) is 1.62. The predicted molar refractivity (Wildman–Crippen MR) is 117 cm³/mol. The van der Waals surface area contributed by atoms with Gasteiger partial charge in [-0.25, -0.2) is 14.6 Å². The van der Waals surface area contributed by atoms with Crippen LogP contribution in [0.25, 0.3) is 6.08 Å². The molecular weight excluding hydrogens is 446 g/mol. The van der Waals surface area contributed by atoms with Gasteiger partial charge < -0.3 is 9.47 Å². The van der Waals surface area contributed by atoms with E-state index in [1.807, 2.05) is 43.3 Å². The lowest BCUT2D eigenvalue weighted by Crippen LogP contribution is -2.08. The molecule has 0 fully saturated rings. The molecule has 0 spiro atoms. The van der Waals surface area contributed by atoms with Crippen molar-refractivity contribution < 1.29 is 19.1 Å². The van der Waals surface area contributed by atoms with E-state index in [4.69, 9.17) is 9.47 Å². The fourth-order valence-corrected chi connectivity index (χ4v) is 3.20. The molecule has 1 aliphatic rings. The smallest absolute Gasteiger partial charge is 0.363 e. The molecule has 0 atom stereocenters. The molecule has 3 aromatic rings. The summed E-state index contributed by atoms with van der Waals surface area (Å²) >= 11 is 3.39. The van der Waals surface area contributed by atoms with Crippen molar-refractivity contribution in [1.29, 1.82) is 0 Å². The second kappa shape index (κ2) is 8.47. The molecule has 0 saturated heterocycles. The Morgan fingerprint density at radius 2 is 1.77 bits per heavy atom. The van der Waals surface area contributed by atoms with Gasteiger partial charge in [0.25, 0.3) is 0 Å². The Bertz CT molecular complexity index is 1180. The molecule has 0 N–H and O–H groups in total. The number of aliphatic imine (C=N–C) groups is 1. The van der Waals surface area contributed by atoms with E-state index in [0.717, 1.165) is 15.6 Å². The Morgan fingerprint density at radius 3 is 2.47 bits per heavy atom. The lowest BCUT2D eigenvalue weighted by atomic mass is 10.1. The third-order valence-corrected chi connectivity index (χ3v) is 4.87. The largest absolute Gasteiger partial charge is 0.423 e. The summed E-state index contributed by atoms with van der Waals surface area (Å²) in [7, 11) is 0. The van der Waals surface area contributed by atoms with Crippen LogP contribution in [0, 0.1) is 6.92 Å². The van der Waals surface area contributed by atoms with Crippen molar-refractivity contribution in [2.75, 3.05) is 0 Å². The third kappa shape index (κ3) is 4.55. The second-order valence-electron chi connectivity index (χ2n) is 6.67. The van der Waals surface area contributed by atoms with Crippen molar-refractivity contribution in [2.45, 2.75) is 6.92 Å². The third-order valence-electron chi connectivity index (χ3n) is 4.37.